The smallest absolute Gasteiger partial charge is 0.250 e. The lowest BCUT2D eigenvalue weighted by molar-refractivity contribution is 0.100. The van der Waals surface area contributed by atoms with Crippen LogP contribution in [0.1, 0.15) is 22.3 Å². The van der Waals surface area contributed by atoms with E-state index in [-0.39, 0.29) is 0 Å². The molecular formula is C20H17N7O. The zero-order valence-corrected chi connectivity index (χ0v) is 15.2. The molecule has 3 aromatic heterocycles. The molecule has 8 heteroatoms. The number of carbonyl (C=O) groups is 1. The van der Waals surface area contributed by atoms with Crippen LogP contribution < -0.4 is 10.6 Å². The van der Waals surface area contributed by atoms with E-state index in [0.29, 0.717) is 28.2 Å². The van der Waals surface area contributed by atoms with Gasteiger partial charge in [-0.3, -0.25) is 4.79 Å². The molecule has 28 heavy (non-hydrogen) atoms. The summed E-state index contributed by atoms with van der Waals surface area (Å²) in [6.07, 6.45) is 6.97. The molecule has 0 fully saturated rings. The minimum atomic E-state index is -0.516. The van der Waals surface area contributed by atoms with Crippen LogP contribution in [0.15, 0.2) is 42.6 Å². The molecule has 0 aliphatic carbocycles. The lowest BCUT2D eigenvalue weighted by Gasteiger charge is -2.18. The number of anilines is 1. The highest BCUT2D eigenvalue weighted by Gasteiger charge is 2.19. The van der Waals surface area contributed by atoms with Gasteiger partial charge in [0, 0.05) is 24.5 Å². The van der Waals surface area contributed by atoms with Gasteiger partial charge in [-0.2, -0.15) is 9.61 Å². The number of pyridine rings is 1. The van der Waals surface area contributed by atoms with Crippen molar-refractivity contribution in [1.82, 2.24) is 24.8 Å². The number of benzene rings is 1. The van der Waals surface area contributed by atoms with Crippen molar-refractivity contribution in [2.24, 2.45) is 5.73 Å². The first-order valence-corrected chi connectivity index (χ1v) is 8.95. The van der Waals surface area contributed by atoms with Gasteiger partial charge in [-0.05, 0) is 18.6 Å². The highest BCUT2D eigenvalue weighted by Crippen LogP contribution is 2.29. The fourth-order valence-electron chi connectivity index (χ4n) is 3.54. The molecule has 8 nitrogen and oxygen atoms in total. The fraction of sp³-hybridized carbons (Fsp3) is 0.150. The number of fused-ring (bicyclic) bond motifs is 4. The van der Waals surface area contributed by atoms with Crippen molar-refractivity contribution < 1.29 is 4.79 Å². The summed E-state index contributed by atoms with van der Waals surface area (Å²) in [6, 6.07) is 9.08. The Bertz CT molecular complexity index is 1270. The predicted octanol–water partition coefficient (Wildman–Crippen LogP) is 2.29. The number of nitrogens with two attached hydrogens (primary N) is 1. The Morgan fingerprint density at radius 3 is 2.93 bits per heavy atom. The predicted molar refractivity (Wildman–Crippen MR) is 107 cm³/mol. The summed E-state index contributed by atoms with van der Waals surface area (Å²) >= 11 is 0. The van der Waals surface area contributed by atoms with Gasteiger partial charge < -0.3 is 10.6 Å². The van der Waals surface area contributed by atoms with Crippen LogP contribution in [0.5, 0.6) is 0 Å². The van der Waals surface area contributed by atoms with E-state index < -0.39 is 5.91 Å². The van der Waals surface area contributed by atoms with Gasteiger partial charge in [-0.1, -0.05) is 30.4 Å². The first-order chi connectivity index (χ1) is 13.6. The van der Waals surface area contributed by atoms with Crippen LogP contribution in [0.3, 0.4) is 0 Å². The first kappa shape index (κ1) is 16.4. The van der Waals surface area contributed by atoms with Gasteiger partial charge in [0.1, 0.15) is 5.69 Å². The van der Waals surface area contributed by atoms with Crippen LogP contribution in [0.2, 0.25) is 0 Å². The molecule has 0 spiro atoms. The third-order valence-electron chi connectivity index (χ3n) is 4.99. The molecule has 0 bridgehead atoms. The Morgan fingerprint density at radius 1 is 1.18 bits per heavy atom. The largest absolute Gasteiger partial charge is 0.372 e. The SMILES string of the molecule is CN1CCC=Cc2c1cnn1c(-c3ccc4cccc(C(N)=O)c4n3)nnc21. The van der Waals surface area contributed by atoms with Crippen LogP contribution in [-0.4, -0.2) is 44.3 Å². The van der Waals surface area contributed by atoms with Crippen molar-refractivity contribution in [2.75, 3.05) is 18.5 Å². The first-order valence-electron chi connectivity index (χ1n) is 8.95. The van der Waals surface area contributed by atoms with Crippen molar-refractivity contribution >= 4 is 34.2 Å². The van der Waals surface area contributed by atoms with Crippen LogP contribution in [0.4, 0.5) is 5.69 Å². The summed E-state index contributed by atoms with van der Waals surface area (Å²) in [5.74, 6) is -0.00255. The summed E-state index contributed by atoms with van der Waals surface area (Å²) in [4.78, 5) is 18.6. The molecule has 1 aliphatic heterocycles. The van der Waals surface area contributed by atoms with Crippen LogP contribution in [0.25, 0.3) is 34.1 Å². The molecule has 0 unspecified atom stereocenters. The second kappa shape index (κ2) is 6.12. The molecular weight excluding hydrogens is 354 g/mol. The lowest BCUT2D eigenvalue weighted by Crippen LogP contribution is -2.18. The number of hydrogen-bond donors (Lipinski definition) is 1. The number of aromatic nitrogens is 5. The van der Waals surface area contributed by atoms with E-state index in [4.69, 9.17) is 5.73 Å². The second-order valence-corrected chi connectivity index (χ2v) is 6.75. The average Bonchev–Trinajstić information content (AvgIpc) is 3.05. The van der Waals surface area contributed by atoms with Crippen molar-refractivity contribution in [3.63, 3.8) is 0 Å². The number of amides is 1. The third-order valence-corrected chi connectivity index (χ3v) is 4.99. The Labute approximate surface area is 160 Å². The molecule has 1 aliphatic rings. The van der Waals surface area contributed by atoms with Crippen molar-refractivity contribution in [3.8, 4) is 11.5 Å². The number of rotatable bonds is 2. The molecule has 2 N–H and O–H groups in total. The van der Waals surface area contributed by atoms with Crippen LogP contribution >= 0.6 is 0 Å². The van der Waals surface area contributed by atoms with E-state index in [1.54, 1.807) is 16.6 Å². The minimum absolute atomic E-state index is 0.375. The van der Waals surface area contributed by atoms with E-state index in [2.05, 4.69) is 37.3 Å². The highest BCUT2D eigenvalue weighted by molar-refractivity contribution is 6.05. The van der Waals surface area contributed by atoms with Crippen molar-refractivity contribution in [1.29, 1.82) is 0 Å². The Hall–Kier alpha value is -3.81. The molecule has 5 rings (SSSR count). The molecule has 4 heterocycles. The maximum atomic E-state index is 11.8. The summed E-state index contributed by atoms with van der Waals surface area (Å²) in [7, 11) is 2.04. The van der Waals surface area contributed by atoms with Crippen molar-refractivity contribution in [3.05, 3.63) is 53.7 Å². The Balaban J connectivity index is 1.73. The Kier molecular flexibility index (Phi) is 3.58. The summed E-state index contributed by atoms with van der Waals surface area (Å²) in [5.41, 5.74) is 9.66. The minimum Gasteiger partial charge on any atom is -0.372 e. The standard InChI is InChI=1S/C20H17N7O/c1-26-10-3-2-6-13-16(26)11-22-27-19(13)24-25-20(27)15-9-8-12-5-4-7-14(18(21)28)17(12)23-15/h2,4-9,11H,3,10H2,1H3,(H2,21,28). The molecule has 4 aromatic rings. The maximum Gasteiger partial charge on any atom is 0.250 e. The topological polar surface area (TPSA) is 102 Å². The van der Waals surface area contributed by atoms with Crippen LogP contribution in [0, 0.1) is 0 Å². The van der Waals surface area contributed by atoms with Gasteiger partial charge in [0.2, 0.25) is 5.82 Å². The molecule has 0 atom stereocenters. The zero-order chi connectivity index (χ0) is 19.3. The monoisotopic (exact) mass is 371 g/mol. The van der Waals surface area contributed by atoms with E-state index >= 15 is 0 Å². The van der Waals surface area contributed by atoms with Crippen molar-refractivity contribution in [2.45, 2.75) is 6.42 Å². The summed E-state index contributed by atoms with van der Waals surface area (Å²) in [5, 5.41) is 14.1. The quantitative estimate of drug-likeness (QED) is 0.580. The number of nitrogens with zero attached hydrogens (tertiary/aromatic N) is 6. The van der Waals surface area contributed by atoms with Gasteiger partial charge >= 0.3 is 0 Å². The highest BCUT2D eigenvalue weighted by atomic mass is 16.1. The van der Waals surface area contributed by atoms with E-state index in [9.17, 15) is 4.79 Å². The zero-order valence-electron chi connectivity index (χ0n) is 15.2. The number of hydrogen-bond acceptors (Lipinski definition) is 6. The van der Waals surface area contributed by atoms with Gasteiger partial charge in [0.15, 0.2) is 5.65 Å². The summed E-state index contributed by atoms with van der Waals surface area (Å²) in [6.45, 7) is 0.921. The van der Waals surface area contributed by atoms with E-state index in [0.717, 1.165) is 29.6 Å². The van der Waals surface area contributed by atoms with E-state index in [1.807, 2.05) is 31.4 Å². The van der Waals surface area contributed by atoms with Crippen LogP contribution in [-0.2, 0) is 0 Å². The molecule has 0 saturated carbocycles. The molecule has 0 radical (unpaired) electrons. The summed E-state index contributed by atoms with van der Waals surface area (Å²) < 4.78 is 1.68. The van der Waals surface area contributed by atoms with E-state index in [1.165, 1.54) is 0 Å². The normalized spacial score (nSPS) is 13.7. The number of primary amides is 1. The average molecular weight is 371 g/mol. The maximum absolute atomic E-state index is 11.8. The van der Waals surface area contributed by atoms with Gasteiger partial charge in [0.05, 0.1) is 23.0 Å². The molecule has 138 valence electrons. The fourth-order valence-corrected chi connectivity index (χ4v) is 3.54. The molecule has 1 amide bonds. The second-order valence-electron chi connectivity index (χ2n) is 6.75. The Morgan fingerprint density at radius 2 is 2.07 bits per heavy atom. The molecule has 0 saturated heterocycles. The van der Waals surface area contributed by atoms with Gasteiger partial charge in [0.25, 0.3) is 5.91 Å². The molecule has 1 aromatic carbocycles. The van der Waals surface area contributed by atoms with Gasteiger partial charge in [-0.25, -0.2) is 4.98 Å². The number of para-hydroxylation sites is 1. The number of carbonyl (C=O) groups excluding carboxylic acids is 1. The lowest BCUT2D eigenvalue weighted by atomic mass is 10.1. The van der Waals surface area contributed by atoms with Gasteiger partial charge in [-0.15, -0.1) is 10.2 Å². The third kappa shape index (κ3) is 2.42.